The Kier molecular flexibility index (Phi) is 6.51. The second-order valence-corrected chi connectivity index (χ2v) is 10.4. The number of hydrogen-bond donors (Lipinski definition) is 0. The third-order valence-corrected chi connectivity index (χ3v) is 7.66. The molecule has 0 spiro atoms. The van der Waals surface area contributed by atoms with Crippen LogP contribution in [0.1, 0.15) is 50.5 Å². The second kappa shape index (κ2) is 8.66. The van der Waals surface area contributed by atoms with E-state index in [-0.39, 0.29) is 17.3 Å². The highest BCUT2D eigenvalue weighted by molar-refractivity contribution is 7.92. The van der Waals surface area contributed by atoms with Gasteiger partial charge in [0.05, 0.1) is 0 Å². The van der Waals surface area contributed by atoms with Crippen molar-refractivity contribution in [1.29, 1.82) is 0 Å². The van der Waals surface area contributed by atoms with Gasteiger partial charge in [-0.25, -0.2) is 8.42 Å². The molecule has 0 radical (unpaired) electrons. The van der Waals surface area contributed by atoms with Gasteiger partial charge in [0, 0.05) is 18.7 Å². The summed E-state index contributed by atoms with van der Waals surface area (Å²) in [6.45, 7) is 4.39. The number of carbonyl (C=O) groups excluding carboxylic acids is 1. The zero-order chi connectivity index (χ0) is 18.6. The molecule has 4 nitrogen and oxygen atoms in total. The predicted octanol–water partition coefficient (Wildman–Crippen LogP) is 3.29. The van der Waals surface area contributed by atoms with Gasteiger partial charge in [0.25, 0.3) is 0 Å². The van der Waals surface area contributed by atoms with Crippen molar-refractivity contribution in [3.8, 4) is 0 Å². The van der Waals surface area contributed by atoms with Crippen molar-refractivity contribution in [2.75, 3.05) is 31.1 Å². The molecule has 1 heterocycles. The fourth-order valence-corrected chi connectivity index (χ4v) is 5.03. The number of sulfone groups is 1. The van der Waals surface area contributed by atoms with Crippen LogP contribution < -0.4 is 0 Å². The van der Waals surface area contributed by atoms with Gasteiger partial charge in [0.15, 0.2) is 9.84 Å². The standard InChI is InChI=1S/C21H31NO3S/c1-2-26(24,25)16-20(23)10-13-22-11-8-17(9-12-22)14-19-15-21(19)18-6-4-3-5-7-18/h3-7,17,19,21H,2,8-16H2,1H3/t19-,21+/m1/s1. The quantitative estimate of drug-likeness (QED) is 0.663. The maximum atomic E-state index is 11.8. The number of benzene rings is 1. The molecule has 0 aromatic heterocycles. The van der Waals surface area contributed by atoms with Gasteiger partial charge in [-0.1, -0.05) is 37.3 Å². The van der Waals surface area contributed by atoms with Gasteiger partial charge in [0.2, 0.25) is 0 Å². The molecule has 0 unspecified atom stereocenters. The Morgan fingerprint density at radius 2 is 1.85 bits per heavy atom. The Bertz CT molecular complexity index is 693. The van der Waals surface area contributed by atoms with Crippen LogP contribution in [0.25, 0.3) is 0 Å². The van der Waals surface area contributed by atoms with Crippen molar-refractivity contribution in [2.45, 2.75) is 44.9 Å². The normalized spacial score (nSPS) is 24.5. The summed E-state index contributed by atoms with van der Waals surface area (Å²) in [6, 6.07) is 10.9. The highest BCUT2D eigenvalue weighted by Crippen LogP contribution is 2.51. The molecular formula is C21H31NO3S. The van der Waals surface area contributed by atoms with Crippen LogP contribution in [-0.2, 0) is 14.6 Å². The molecule has 2 atom stereocenters. The van der Waals surface area contributed by atoms with Crippen LogP contribution in [0.15, 0.2) is 30.3 Å². The maximum absolute atomic E-state index is 11.8. The van der Waals surface area contributed by atoms with Crippen LogP contribution in [-0.4, -0.2) is 50.2 Å². The van der Waals surface area contributed by atoms with Crippen molar-refractivity contribution in [2.24, 2.45) is 11.8 Å². The summed E-state index contributed by atoms with van der Waals surface area (Å²) in [7, 11) is -3.18. The Labute approximate surface area is 157 Å². The lowest BCUT2D eigenvalue weighted by molar-refractivity contribution is -0.117. The summed E-state index contributed by atoms with van der Waals surface area (Å²) in [5.41, 5.74) is 1.50. The second-order valence-electron chi connectivity index (χ2n) is 8.00. The molecule has 2 fully saturated rings. The summed E-state index contributed by atoms with van der Waals surface area (Å²) in [4.78, 5) is 14.2. The third-order valence-electron chi connectivity index (χ3n) is 6.02. The number of likely N-dealkylation sites (tertiary alicyclic amines) is 1. The van der Waals surface area contributed by atoms with E-state index >= 15 is 0 Å². The van der Waals surface area contributed by atoms with Gasteiger partial charge in [-0.2, -0.15) is 0 Å². The molecule has 144 valence electrons. The molecule has 26 heavy (non-hydrogen) atoms. The van der Waals surface area contributed by atoms with E-state index in [9.17, 15) is 13.2 Å². The summed E-state index contributed by atoms with van der Waals surface area (Å²) >= 11 is 0. The fraction of sp³-hybridized carbons (Fsp3) is 0.667. The predicted molar refractivity (Wildman–Crippen MR) is 105 cm³/mol. The third kappa shape index (κ3) is 5.65. The Morgan fingerprint density at radius 3 is 2.50 bits per heavy atom. The van der Waals surface area contributed by atoms with Crippen molar-refractivity contribution in [1.82, 2.24) is 4.90 Å². The van der Waals surface area contributed by atoms with Crippen LogP contribution in [0.4, 0.5) is 0 Å². The first kappa shape index (κ1) is 19.6. The molecule has 1 aliphatic carbocycles. The van der Waals surface area contributed by atoms with Crippen LogP contribution in [0, 0.1) is 11.8 Å². The minimum Gasteiger partial charge on any atom is -0.303 e. The molecule has 1 aromatic rings. The Hall–Kier alpha value is -1.20. The van der Waals surface area contributed by atoms with E-state index in [1.54, 1.807) is 6.92 Å². The fourth-order valence-electron chi connectivity index (χ4n) is 4.19. The van der Waals surface area contributed by atoms with Crippen molar-refractivity contribution in [3.05, 3.63) is 35.9 Å². The molecular weight excluding hydrogens is 346 g/mol. The number of Topliss-reactive ketones (excluding diaryl/α,β-unsaturated/α-hetero) is 1. The smallest absolute Gasteiger partial charge is 0.157 e. The van der Waals surface area contributed by atoms with Gasteiger partial charge in [-0.05, 0) is 62.1 Å². The molecule has 0 amide bonds. The molecule has 1 saturated carbocycles. The van der Waals surface area contributed by atoms with Crippen LogP contribution in [0.2, 0.25) is 0 Å². The maximum Gasteiger partial charge on any atom is 0.157 e. The van der Waals surface area contributed by atoms with E-state index in [1.165, 1.54) is 31.2 Å². The topological polar surface area (TPSA) is 54.5 Å². The van der Waals surface area contributed by atoms with Gasteiger partial charge in [-0.3, -0.25) is 4.79 Å². The van der Waals surface area contributed by atoms with Gasteiger partial charge in [-0.15, -0.1) is 0 Å². The first-order chi connectivity index (χ1) is 12.5. The monoisotopic (exact) mass is 377 g/mol. The molecule has 1 saturated heterocycles. The number of carbonyl (C=O) groups is 1. The lowest BCUT2D eigenvalue weighted by atomic mass is 9.90. The molecule has 1 aliphatic heterocycles. The number of piperidine rings is 1. The number of ketones is 1. The first-order valence-electron chi connectivity index (χ1n) is 9.96. The van der Waals surface area contributed by atoms with Crippen molar-refractivity contribution >= 4 is 15.6 Å². The average molecular weight is 378 g/mol. The van der Waals surface area contributed by atoms with E-state index in [2.05, 4.69) is 35.2 Å². The van der Waals surface area contributed by atoms with E-state index in [0.29, 0.717) is 13.0 Å². The molecule has 2 aliphatic rings. The molecule has 3 rings (SSSR count). The molecule has 0 bridgehead atoms. The van der Waals surface area contributed by atoms with Gasteiger partial charge in [0.1, 0.15) is 11.5 Å². The number of rotatable bonds is 9. The van der Waals surface area contributed by atoms with Gasteiger partial charge >= 0.3 is 0 Å². The van der Waals surface area contributed by atoms with Crippen molar-refractivity contribution in [3.63, 3.8) is 0 Å². The lowest BCUT2D eigenvalue weighted by Gasteiger charge is -2.32. The van der Waals surface area contributed by atoms with Crippen LogP contribution in [0.5, 0.6) is 0 Å². The minimum absolute atomic E-state index is 0.0509. The number of nitrogens with zero attached hydrogens (tertiary/aromatic N) is 1. The summed E-state index contributed by atoms with van der Waals surface area (Å²) < 4.78 is 23.0. The van der Waals surface area contributed by atoms with Crippen molar-refractivity contribution < 1.29 is 13.2 Å². The van der Waals surface area contributed by atoms with E-state index in [0.717, 1.165) is 30.8 Å². The highest BCUT2D eigenvalue weighted by Gasteiger charge is 2.39. The SMILES string of the molecule is CCS(=O)(=O)CC(=O)CCN1CCC(C[C@@H]2C[C@H]2c2ccccc2)CC1. The number of hydrogen-bond acceptors (Lipinski definition) is 4. The van der Waals surface area contributed by atoms with Crippen LogP contribution >= 0.6 is 0 Å². The van der Waals surface area contributed by atoms with Gasteiger partial charge < -0.3 is 4.90 Å². The van der Waals surface area contributed by atoms with E-state index in [4.69, 9.17) is 0 Å². The largest absolute Gasteiger partial charge is 0.303 e. The van der Waals surface area contributed by atoms with E-state index in [1.807, 2.05) is 0 Å². The average Bonchev–Trinajstić information content (AvgIpc) is 3.41. The Balaban J connectivity index is 1.33. The summed E-state index contributed by atoms with van der Waals surface area (Å²) in [5.74, 6) is 2.05. The molecule has 5 heteroatoms. The Morgan fingerprint density at radius 1 is 1.15 bits per heavy atom. The molecule has 0 N–H and O–H groups in total. The minimum atomic E-state index is -3.18. The summed E-state index contributed by atoms with van der Waals surface area (Å²) in [6.07, 6.45) is 5.45. The first-order valence-corrected chi connectivity index (χ1v) is 11.8. The zero-order valence-corrected chi connectivity index (χ0v) is 16.6. The highest BCUT2D eigenvalue weighted by atomic mass is 32.2. The van der Waals surface area contributed by atoms with E-state index < -0.39 is 9.84 Å². The molecule has 1 aromatic carbocycles. The zero-order valence-electron chi connectivity index (χ0n) is 15.8. The lowest BCUT2D eigenvalue weighted by Crippen LogP contribution is -2.36. The van der Waals surface area contributed by atoms with Crippen LogP contribution in [0.3, 0.4) is 0 Å². The summed E-state index contributed by atoms with van der Waals surface area (Å²) in [5, 5.41) is 0.